The second-order valence-electron chi connectivity index (χ2n) is 4.72. The number of carbonyl (C=O) groups is 1. The van der Waals surface area contributed by atoms with Gasteiger partial charge in [-0.3, -0.25) is 9.97 Å². The van der Waals surface area contributed by atoms with Crippen LogP contribution in [0.4, 0.5) is 0 Å². The zero-order chi connectivity index (χ0) is 15.4. The number of benzene rings is 1. The van der Waals surface area contributed by atoms with Crippen LogP contribution in [0.15, 0.2) is 67.3 Å². The zero-order valence-electron chi connectivity index (χ0n) is 12.1. The van der Waals surface area contributed by atoms with Crippen LogP contribution >= 0.6 is 0 Å². The normalized spacial score (nSPS) is 10.2. The first kappa shape index (κ1) is 13.9. The molecule has 3 rings (SSSR count). The van der Waals surface area contributed by atoms with E-state index in [1.807, 2.05) is 36.4 Å². The number of rotatable bonds is 3. The first-order valence-electron chi connectivity index (χ1n) is 6.83. The highest BCUT2D eigenvalue weighted by Crippen LogP contribution is 2.29. The molecule has 1 aromatic carbocycles. The summed E-state index contributed by atoms with van der Waals surface area (Å²) in [6.07, 6.45) is 6.90. The van der Waals surface area contributed by atoms with E-state index in [0.717, 1.165) is 22.3 Å². The number of pyridine rings is 2. The Morgan fingerprint density at radius 3 is 2.00 bits per heavy atom. The molecule has 4 nitrogen and oxygen atoms in total. The van der Waals surface area contributed by atoms with Crippen molar-refractivity contribution in [1.29, 1.82) is 0 Å². The van der Waals surface area contributed by atoms with Crippen LogP contribution in [0.25, 0.3) is 22.3 Å². The molecule has 0 N–H and O–H groups in total. The second-order valence-corrected chi connectivity index (χ2v) is 4.72. The first-order valence-corrected chi connectivity index (χ1v) is 6.83. The van der Waals surface area contributed by atoms with Crippen molar-refractivity contribution in [3.8, 4) is 22.3 Å². The molecular weight excluding hydrogens is 276 g/mol. The minimum absolute atomic E-state index is 0.354. The van der Waals surface area contributed by atoms with Crippen LogP contribution in [0.5, 0.6) is 0 Å². The molecule has 108 valence electrons. The molecule has 0 radical (unpaired) electrons. The lowest BCUT2D eigenvalue weighted by Gasteiger charge is -2.11. The Hall–Kier alpha value is -3.01. The van der Waals surface area contributed by atoms with Gasteiger partial charge in [-0.05, 0) is 58.7 Å². The van der Waals surface area contributed by atoms with Gasteiger partial charge in [-0.1, -0.05) is 6.07 Å². The highest BCUT2D eigenvalue weighted by Gasteiger charge is 2.14. The average molecular weight is 290 g/mol. The van der Waals surface area contributed by atoms with Crippen molar-refractivity contribution >= 4 is 5.97 Å². The van der Waals surface area contributed by atoms with Crippen molar-refractivity contribution in [3.63, 3.8) is 0 Å². The Balaban J connectivity index is 2.17. The van der Waals surface area contributed by atoms with Crippen LogP contribution < -0.4 is 0 Å². The van der Waals surface area contributed by atoms with E-state index >= 15 is 0 Å². The number of hydrogen-bond donors (Lipinski definition) is 0. The molecule has 0 aliphatic heterocycles. The van der Waals surface area contributed by atoms with Gasteiger partial charge in [0.25, 0.3) is 0 Å². The molecule has 0 spiro atoms. The van der Waals surface area contributed by atoms with Crippen molar-refractivity contribution in [1.82, 2.24) is 9.97 Å². The van der Waals surface area contributed by atoms with Gasteiger partial charge in [-0.15, -0.1) is 0 Å². The van der Waals surface area contributed by atoms with E-state index in [-0.39, 0.29) is 5.97 Å². The quantitative estimate of drug-likeness (QED) is 0.692. The van der Waals surface area contributed by atoms with Crippen molar-refractivity contribution < 1.29 is 9.53 Å². The number of ether oxygens (including phenoxy) is 1. The van der Waals surface area contributed by atoms with Gasteiger partial charge in [-0.25, -0.2) is 4.79 Å². The van der Waals surface area contributed by atoms with Crippen molar-refractivity contribution in [2.24, 2.45) is 0 Å². The van der Waals surface area contributed by atoms with Crippen LogP contribution in [0.1, 0.15) is 10.4 Å². The fraction of sp³-hybridized carbons (Fsp3) is 0.0556. The smallest absolute Gasteiger partial charge is 0.338 e. The largest absolute Gasteiger partial charge is 0.465 e. The lowest BCUT2D eigenvalue weighted by atomic mass is 9.95. The summed E-state index contributed by atoms with van der Waals surface area (Å²) in [6.45, 7) is 0. The summed E-state index contributed by atoms with van der Waals surface area (Å²) in [7, 11) is 1.38. The summed E-state index contributed by atoms with van der Waals surface area (Å²) in [5.74, 6) is -0.354. The van der Waals surface area contributed by atoms with Crippen molar-refractivity contribution in [3.05, 3.63) is 72.8 Å². The Morgan fingerprint density at radius 2 is 1.41 bits per heavy atom. The lowest BCUT2D eigenvalue weighted by molar-refractivity contribution is 0.0601. The van der Waals surface area contributed by atoms with Crippen LogP contribution in [-0.4, -0.2) is 23.0 Å². The molecule has 0 aliphatic rings. The molecule has 0 unspecified atom stereocenters. The number of carbonyl (C=O) groups excluding carboxylic acids is 1. The third kappa shape index (κ3) is 2.72. The van der Waals surface area contributed by atoms with E-state index in [9.17, 15) is 4.79 Å². The van der Waals surface area contributed by atoms with E-state index in [2.05, 4.69) is 9.97 Å². The molecule has 0 saturated carbocycles. The SMILES string of the molecule is COC(=O)c1ccc(-c2ccncc2)cc1-c1ccncc1. The van der Waals surface area contributed by atoms with Crippen LogP contribution in [0.3, 0.4) is 0 Å². The van der Waals surface area contributed by atoms with Gasteiger partial charge in [0.1, 0.15) is 0 Å². The molecule has 4 heteroatoms. The van der Waals surface area contributed by atoms with Crippen LogP contribution in [-0.2, 0) is 4.74 Å². The third-order valence-electron chi connectivity index (χ3n) is 3.43. The molecule has 0 amide bonds. The van der Waals surface area contributed by atoms with Gasteiger partial charge in [0.05, 0.1) is 12.7 Å². The summed E-state index contributed by atoms with van der Waals surface area (Å²) in [6, 6.07) is 13.3. The first-order chi connectivity index (χ1) is 10.8. The Morgan fingerprint density at radius 1 is 0.818 bits per heavy atom. The second kappa shape index (κ2) is 6.18. The molecule has 0 aliphatic carbocycles. The summed E-state index contributed by atoms with van der Waals surface area (Å²) in [5, 5.41) is 0. The summed E-state index contributed by atoms with van der Waals surface area (Å²) >= 11 is 0. The Labute approximate surface area is 128 Å². The maximum Gasteiger partial charge on any atom is 0.338 e. The molecule has 0 atom stereocenters. The Bertz CT molecular complexity index is 787. The highest BCUT2D eigenvalue weighted by atomic mass is 16.5. The van der Waals surface area contributed by atoms with Gasteiger partial charge in [0.15, 0.2) is 0 Å². The van der Waals surface area contributed by atoms with Crippen molar-refractivity contribution in [2.45, 2.75) is 0 Å². The van der Waals surface area contributed by atoms with E-state index in [1.54, 1.807) is 30.9 Å². The number of hydrogen-bond acceptors (Lipinski definition) is 4. The molecule has 3 aromatic rings. The van der Waals surface area contributed by atoms with E-state index in [0.29, 0.717) is 5.56 Å². The van der Waals surface area contributed by atoms with Gasteiger partial charge in [0.2, 0.25) is 0 Å². The molecular formula is C18H14N2O2. The molecule has 2 aromatic heterocycles. The van der Waals surface area contributed by atoms with E-state index in [1.165, 1.54) is 7.11 Å². The predicted molar refractivity (Wildman–Crippen MR) is 84.2 cm³/mol. The standard InChI is InChI=1S/C18H14N2O2/c1-22-18(21)16-3-2-15(13-4-8-19-9-5-13)12-17(16)14-6-10-20-11-7-14/h2-12H,1H3. The van der Waals surface area contributed by atoms with Gasteiger partial charge < -0.3 is 4.74 Å². The summed E-state index contributed by atoms with van der Waals surface area (Å²) in [4.78, 5) is 20.1. The average Bonchev–Trinajstić information content (AvgIpc) is 2.62. The predicted octanol–water partition coefficient (Wildman–Crippen LogP) is 3.60. The lowest BCUT2D eigenvalue weighted by Crippen LogP contribution is -2.03. The highest BCUT2D eigenvalue weighted by molar-refractivity contribution is 5.98. The molecule has 2 heterocycles. The number of esters is 1. The Kier molecular flexibility index (Phi) is 3.92. The van der Waals surface area contributed by atoms with Gasteiger partial charge >= 0.3 is 5.97 Å². The number of aromatic nitrogens is 2. The maximum absolute atomic E-state index is 12.0. The monoisotopic (exact) mass is 290 g/mol. The number of nitrogens with zero attached hydrogens (tertiary/aromatic N) is 2. The van der Waals surface area contributed by atoms with Crippen molar-refractivity contribution in [2.75, 3.05) is 7.11 Å². The minimum Gasteiger partial charge on any atom is -0.465 e. The van der Waals surface area contributed by atoms with Crippen LogP contribution in [0, 0.1) is 0 Å². The molecule has 0 bridgehead atoms. The summed E-state index contributed by atoms with van der Waals surface area (Å²) in [5.41, 5.74) is 4.34. The number of methoxy groups -OCH3 is 1. The minimum atomic E-state index is -0.354. The molecule has 22 heavy (non-hydrogen) atoms. The fourth-order valence-corrected chi connectivity index (χ4v) is 2.33. The van der Waals surface area contributed by atoms with E-state index < -0.39 is 0 Å². The van der Waals surface area contributed by atoms with Crippen LogP contribution in [0.2, 0.25) is 0 Å². The van der Waals surface area contributed by atoms with Gasteiger partial charge in [0, 0.05) is 24.8 Å². The van der Waals surface area contributed by atoms with Gasteiger partial charge in [-0.2, -0.15) is 0 Å². The maximum atomic E-state index is 12.0. The fourth-order valence-electron chi connectivity index (χ4n) is 2.33. The van der Waals surface area contributed by atoms with E-state index in [4.69, 9.17) is 4.74 Å². The zero-order valence-corrected chi connectivity index (χ0v) is 12.1. The topological polar surface area (TPSA) is 52.1 Å². The summed E-state index contributed by atoms with van der Waals surface area (Å²) < 4.78 is 4.88. The molecule has 0 saturated heterocycles. The third-order valence-corrected chi connectivity index (χ3v) is 3.43. The molecule has 0 fully saturated rings.